The van der Waals surface area contributed by atoms with Gasteiger partial charge in [-0.2, -0.15) is 0 Å². The fourth-order valence-electron chi connectivity index (χ4n) is 1.66. The molecule has 0 aromatic heterocycles. The molecule has 1 aromatic carbocycles. The van der Waals surface area contributed by atoms with E-state index in [1.54, 1.807) is 13.2 Å². The summed E-state index contributed by atoms with van der Waals surface area (Å²) < 4.78 is 5.05. The molecule has 2 unspecified atom stereocenters. The lowest BCUT2D eigenvalue weighted by molar-refractivity contribution is 0.174. The van der Waals surface area contributed by atoms with Crippen molar-refractivity contribution in [1.82, 2.24) is 0 Å². The molecule has 17 heavy (non-hydrogen) atoms. The standard InChI is InChI=1S/C13H19Cl2NO/c1-9(5-6-17-2)13(16)7-10-3-4-11(14)8-12(10)15/h3-4,8-9,13H,5-7,16H2,1-2H3. The summed E-state index contributed by atoms with van der Waals surface area (Å²) in [5.41, 5.74) is 7.20. The molecule has 4 heteroatoms. The highest BCUT2D eigenvalue weighted by molar-refractivity contribution is 6.35. The molecule has 0 amide bonds. The smallest absolute Gasteiger partial charge is 0.0465 e. The minimum absolute atomic E-state index is 0.0869. The van der Waals surface area contributed by atoms with Crippen molar-refractivity contribution >= 4 is 23.2 Å². The Kier molecular flexibility index (Phi) is 6.28. The third-order valence-corrected chi connectivity index (χ3v) is 3.57. The van der Waals surface area contributed by atoms with E-state index in [4.69, 9.17) is 33.7 Å². The number of hydrogen-bond acceptors (Lipinski definition) is 2. The van der Waals surface area contributed by atoms with Gasteiger partial charge in [0.1, 0.15) is 0 Å². The second kappa shape index (κ2) is 7.22. The summed E-state index contributed by atoms with van der Waals surface area (Å²) >= 11 is 12.0. The Morgan fingerprint density at radius 1 is 1.35 bits per heavy atom. The highest BCUT2D eigenvalue weighted by atomic mass is 35.5. The lowest BCUT2D eigenvalue weighted by Crippen LogP contribution is -2.31. The van der Waals surface area contributed by atoms with Gasteiger partial charge in [-0.05, 0) is 36.5 Å². The molecule has 96 valence electrons. The molecule has 1 rings (SSSR count). The summed E-state index contributed by atoms with van der Waals surface area (Å²) in [4.78, 5) is 0. The zero-order valence-electron chi connectivity index (χ0n) is 10.2. The van der Waals surface area contributed by atoms with Gasteiger partial charge in [0.15, 0.2) is 0 Å². The van der Waals surface area contributed by atoms with Crippen LogP contribution in [0.3, 0.4) is 0 Å². The van der Waals surface area contributed by atoms with Crippen LogP contribution >= 0.6 is 23.2 Å². The molecule has 0 aliphatic heterocycles. The summed E-state index contributed by atoms with van der Waals surface area (Å²) in [7, 11) is 1.70. The minimum atomic E-state index is 0.0869. The Morgan fingerprint density at radius 3 is 2.65 bits per heavy atom. The Hall–Kier alpha value is -0.280. The molecular formula is C13H19Cl2NO. The molecule has 0 aliphatic carbocycles. The maximum absolute atomic E-state index is 6.15. The van der Waals surface area contributed by atoms with Gasteiger partial charge in [0.2, 0.25) is 0 Å². The van der Waals surface area contributed by atoms with Gasteiger partial charge in [-0.3, -0.25) is 0 Å². The van der Waals surface area contributed by atoms with Crippen molar-refractivity contribution in [3.63, 3.8) is 0 Å². The molecule has 0 aliphatic rings. The Bertz CT molecular complexity index is 357. The Balaban J connectivity index is 2.58. The minimum Gasteiger partial charge on any atom is -0.385 e. The molecule has 0 bridgehead atoms. The van der Waals surface area contributed by atoms with E-state index >= 15 is 0 Å². The molecule has 0 heterocycles. The first kappa shape index (κ1) is 14.8. The van der Waals surface area contributed by atoms with Crippen molar-refractivity contribution in [1.29, 1.82) is 0 Å². The predicted molar refractivity (Wildman–Crippen MR) is 73.8 cm³/mol. The van der Waals surface area contributed by atoms with Crippen molar-refractivity contribution in [2.24, 2.45) is 11.7 Å². The van der Waals surface area contributed by atoms with E-state index in [9.17, 15) is 0 Å². The van der Waals surface area contributed by atoms with E-state index < -0.39 is 0 Å². The number of methoxy groups -OCH3 is 1. The first-order valence-corrected chi connectivity index (χ1v) is 6.48. The van der Waals surface area contributed by atoms with Crippen LogP contribution in [0.2, 0.25) is 10.0 Å². The van der Waals surface area contributed by atoms with Crippen molar-refractivity contribution < 1.29 is 4.74 Å². The monoisotopic (exact) mass is 275 g/mol. The molecule has 2 atom stereocenters. The average Bonchev–Trinajstić information content (AvgIpc) is 2.29. The van der Waals surface area contributed by atoms with Gasteiger partial charge in [-0.1, -0.05) is 36.2 Å². The Labute approximate surface area is 113 Å². The quantitative estimate of drug-likeness (QED) is 0.862. The highest BCUT2D eigenvalue weighted by Gasteiger charge is 2.14. The zero-order valence-corrected chi connectivity index (χ0v) is 11.8. The number of hydrogen-bond donors (Lipinski definition) is 1. The summed E-state index contributed by atoms with van der Waals surface area (Å²) in [5.74, 6) is 0.404. The van der Waals surface area contributed by atoms with Crippen molar-refractivity contribution in [2.75, 3.05) is 13.7 Å². The van der Waals surface area contributed by atoms with E-state index in [1.165, 1.54) is 0 Å². The second-order valence-electron chi connectivity index (χ2n) is 4.36. The van der Waals surface area contributed by atoms with Crippen LogP contribution < -0.4 is 5.73 Å². The maximum Gasteiger partial charge on any atom is 0.0465 e. The Morgan fingerprint density at radius 2 is 2.06 bits per heavy atom. The van der Waals surface area contributed by atoms with E-state index in [2.05, 4.69) is 6.92 Å². The molecule has 2 N–H and O–H groups in total. The largest absolute Gasteiger partial charge is 0.385 e. The number of halogens is 2. The topological polar surface area (TPSA) is 35.2 Å². The van der Waals surface area contributed by atoms with Crippen LogP contribution in [0.4, 0.5) is 0 Å². The van der Waals surface area contributed by atoms with Gasteiger partial charge >= 0.3 is 0 Å². The number of benzene rings is 1. The molecule has 0 saturated carbocycles. The van der Waals surface area contributed by atoms with Crippen molar-refractivity contribution in [3.05, 3.63) is 33.8 Å². The fourth-order valence-corrected chi connectivity index (χ4v) is 2.15. The predicted octanol–water partition coefficient (Wildman–Crippen LogP) is 3.54. The van der Waals surface area contributed by atoms with Crippen LogP contribution in [0.25, 0.3) is 0 Å². The first-order valence-electron chi connectivity index (χ1n) is 5.73. The van der Waals surface area contributed by atoms with E-state index in [-0.39, 0.29) is 6.04 Å². The second-order valence-corrected chi connectivity index (χ2v) is 5.21. The number of rotatable bonds is 6. The van der Waals surface area contributed by atoms with Crippen LogP contribution in [0.15, 0.2) is 18.2 Å². The number of ether oxygens (including phenoxy) is 1. The summed E-state index contributed by atoms with van der Waals surface area (Å²) in [5, 5.41) is 1.34. The fraction of sp³-hybridized carbons (Fsp3) is 0.538. The molecule has 2 nitrogen and oxygen atoms in total. The highest BCUT2D eigenvalue weighted by Crippen LogP contribution is 2.23. The van der Waals surface area contributed by atoms with E-state index in [0.29, 0.717) is 16.0 Å². The van der Waals surface area contributed by atoms with E-state index in [0.717, 1.165) is 25.0 Å². The maximum atomic E-state index is 6.15. The third kappa shape index (κ3) is 4.84. The lowest BCUT2D eigenvalue weighted by atomic mass is 9.93. The van der Waals surface area contributed by atoms with Crippen LogP contribution in [0.5, 0.6) is 0 Å². The molecule has 0 spiro atoms. The van der Waals surface area contributed by atoms with Crippen LogP contribution in [0, 0.1) is 5.92 Å². The van der Waals surface area contributed by atoms with Gasteiger partial charge in [0.05, 0.1) is 0 Å². The molecular weight excluding hydrogens is 257 g/mol. The SMILES string of the molecule is COCCC(C)C(N)Cc1ccc(Cl)cc1Cl. The van der Waals surface area contributed by atoms with Crippen LogP contribution in [-0.4, -0.2) is 19.8 Å². The normalized spacial score (nSPS) is 14.6. The molecule has 1 aromatic rings. The molecule has 0 saturated heterocycles. The number of nitrogens with two attached hydrogens (primary N) is 1. The lowest BCUT2D eigenvalue weighted by Gasteiger charge is -2.20. The zero-order chi connectivity index (χ0) is 12.8. The van der Waals surface area contributed by atoms with Crippen molar-refractivity contribution in [3.8, 4) is 0 Å². The molecule has 0 radical (unpaired) electrons. The third-order valence-electron chi connectivity index (χ3n) is 2.98. The van der Waals surface area contributed by atoms with Crippen molar-refractivity contribution in [2.45, 2.75) is 25.8 Å². The van der Waals surface area contributed by atoms with Crippen LogP contribution in [0.1, 0.15) is 18.9 Å². The van der Waals surface area contributed by atoms with Gasteiger partial charge in [0, 0.05) is 29.8 Å². The molecule has 0 fully saturated rings. The summed E-state index contributed by atoms with van der Waals surface area (Å²) in [6.45, 7) is 2.87. The summed E-state index contributed by atoms with van der Waals surface area (Å²) in [6.07, 6.45) is 1.73. The first-order chi connectivity index (χ1) is 8.04. The van der Waals surface area contributed by atoms with E-state index in [1.807, 2.05) is 12.1 Å². The van der Waals surface area contributed by atoms with Gasteiger partial charge in [0.25, 0.3) is 0 Å². The summed E-state index contributed by atoms with van der Waals surface area (Å²) in [6, 6.07) is 5.62. The van der Waals surface area contributed by atoms with Gasteiger partial charge < -0.3 is 10.5 Å². The van der Waals surface area contributed by atoms with Gasteiger partial charge in [-0.15, -0.1) is 0 Å². The average molecular weight is 276 g/mol. The van der Waals surface area contributed by atoms with Crippen LogP contribution in [-0.2, 0) is 11.2 Å². The van der Waals surface area contributed by atoms with Gasteiger partial charge in [-0.25, -0.2) is 0 Å².